The van der Waals surface area contributed by atoms with Gasteiger partial charge in [0.1, 0.15) is 23.7 Å². The highest BCUT2D eigenvalue weighted by molar-refractivity contribution is 5.43. The first kappa shape index (κ1) is 19.9. The molecular formula is C26H38O2. The fourth-order valence-electron chi connectivity index (χ4n) is 6.86. The van der Waals surface area contributed by atoms with E-state index in [2.05, 4.69) is 65.8 Å². The molecule has 4 atom stereocenters. The molecule has 0 saturated heterocycles. The lowest BCUT2D eigenvalue weighted by Gasteiger charge is -2.63. The molecule has 1 aliphatic heterocycles. The summed E-state index contributed by atoms with van der Waals surface area (Å²) in [5.41, 5.74) is 3.41. The summed E-state index contributed by atoms with van der Waals surface area (Å²) in [5.74, 6) is 3.42. The van der Waals surface area contributed by atoms with Crippen LogP contribution in [0.1, 0.15) is 79.2 Å². The van der Waals surface area contributed by atoms with Gasteiger partial charge in [-0.1, -0.05) is 32.8 Å². The van der Waals surface area contributed by atoms with Crippen molar-refractivity contribution in [2.45, 2.75) is 85.7 Å². The van der Waals surface area contributed by atoms with E-state index in [-0.39, 0.29) is 5.60 Å². The summed E-state index contributed by atoms with van der Waals surface area (Å²) < 4.78 is 12.7. The molecule has 0 aromatic heterocycles. The van der Waals surface area contributed by atoms with Crippen LogP contribution in [0.4, 0.5) is 0 Å². The van der Waals surface area contributed by atoms with Gasteiger partial charge in [0.2, 0.25) is 0 Å². The minimum absolute atomic E-state index is 0.0316. The third-order valence-corrected chi connectivity index (χ3v) is 8.28. The van der Waals surface area contributed by atoms with Gasteiger partial charge in [-0.3, -0.25) is 0 Å². The van der Waals surface area contributed by atoms with Crippen LogP contribution in [0.15, 0.2) is 29.8 Å². The van der Waals surface area contributed by atoms with Crippen molar-refractivity contribution in [3.05, 3.63) is 35.4 Å². The third-order valence-electron chi connectivity index (χ3n) is 8.28. The van der Waals surface area contributed by atoms with Crippen LogP contribution in [-0.2, 0) is 6.42 Å². The molecule has 1 aromatic carbocycles. The predicted molar refractivity (Wildman–Crippen MR) is 116 cm³/mol. The first-order valence-corrected chi connectivity index (χ1v) is 11.2. The molecule has 0 N–H and O–H groups in total. The van der Waals surface area contributed by atoms with Gasteiger partial charge in [-0.05, 0) is 99.5 Å². The van der Waals surface area contributed by atoms with Crippen LogP contribution in [0.2, 0.25) is 0 Å². The van der Waals surface area contributed by atoms with E-state index in [9.17, 15) is 0 Å². The number of benzene rings is 1. The summed E-state index contributed by atoms with van der Waals surface area (Å²) in [6.45, 7) is 14.8. The lowest BCUT2D eigenvalue weighted by molar-refractivity contribution is -0.162. The number of allylic oxidation sites excluding steroid dienone is 1. The summed E-state index contributed by atoms with van der Waals surface area (Å²) in [6, 6.07) is 6.43. The minimum Gasteiger partial charge on any atom is -0.490 e. The maximum Gasteiger partial charge on any atom is 0.123 e. The molecule has 0 bridgehead atoms. The Bertz CT molecular complexity index is 773. The predicted octanol–water partition coefficient (Wildman–Crippen LogP) is 6.97. The molecule has 2 heteroatoms. The van der Waals surface area contributed by atoms with Crippen LogP contribution in [-0.4, -0.2) is 12.2 Å². The number of rotatable bonds is 3. The Hall–Kier alpha value is -1.44. The maximum atomic E-state index is 6.74. The lowest BCUT2D eigenvalue weighted by atomic mass is 9.44. The maximum absolute atomic E-state index is 6.74. The van der Waals surface area contributed by atoms with Gasteiger partial charge in [0.25, 0.3) is 0 Å². The lowest BCUT2D eigenvalue weighted by Crippen LogP contribution is -2.61. The SMILES string of the molecule is CC(C)=CCOc1ccc2c(c1)C[C@@H]1[C@@]3(C)CCCC(C)(C)[C@@H]3CC[C@@]1(C)O2. The molecular weight excluding hydrogens is 344 g/mol. The van der Waals surface area contributed by atoms with Gasteiger partial charge in [0.05, 0.1) is 0 Å². The molecule has 2 fully saturated rings. The molecule has 2 aliphatic carbocycles. The van der Waals surface area contributed by atoms with Crippen LogP contribution in [0.25, 0.3) is 0 Å². The highest BCUT2D eigenvalue weighted by Crippen LogP contribution is 2.64. The van der Waals surface area contributed by atoms with Gasteiger partial charge in [-0.25, -0.2) is 0 Å². The second kappa shape index (κ2) is 6.82. The fraction of sp³-hybridized carbons (Fsp3) is 0.692. The largest absolute Gasteiger partial charge is 0.490 e. The summed E-state index contributed by atoms with van der Waals surface area (Å²) in [7, 11) is 0. The van der Waals surface area contributed by atoms with E-state index in [1.165, 1.54) is 43.2 Å². The Morgan fingerprint density at radius 3 is 2.64 bits per heavy atom. The second-order valence-corrected chi connectivity index (χ2v) is 11.0. The van der Waals surface area contributed by atoms with Crippen LogP contribution in [0.3, 0.4) is 0 Å². The molecule has 3 aliphatic rings. The summed E-state index contributed by atoms with van der Waals surface area (Å²) >= 11 is 0. The van der Waals surface area contributed by atoms with E-state index in [1.54, 1.807) is 0 Å². The molecule has 4 rings (SSSR count). The molecule has 2 saturated carbocycles. The number of hydrogen-bond acceptors (Lipinski definition) is 2. The molecule has 154 valence electrons. The van der Waals surface area contributed by atoms with Crippen molar-refractivity contribution in [1.82, 2.24) is 0 Å². The summed E-state index contributed by atoms with van der Waals surface area (Å²) in [4.78, 5) is 0. The quantitative estimate of drug-likeness (QED) is 0.526. The van der Waals surface area contributed by atoms with E-state index >= 15 is 0 Å². The van der Waals surface area contributed by atoms with Gasteiger partial charge in [-0.2, -0.15) is 0 Å². The number of ether oxygens (including phenoxy) is 2. The number of fused-ring (bicyclic) bond motifs is 4. The molecule has 28 heavy (non-hydrogen) atoms. The zero-order valence-electron chi connectivity index (χ0n) is 18.7. The normalized spacial score (nSPS) is 35.6. The standard InChI is InChI=1S/C26H38O2/c1-18(2)11-15-27-20-8-9-21-19(16-20)17-23-25(5)13-7-12-24(3,4)22(25)10-14-26(23,6)28-21/h8-9,11,16,22-23H,7,10,12-15,17H2,1-6H3/t22-,23+,25-,26+/m0/s1. The molecule has 0 unspecified atom stereocenters. The molecule has 2 nitrogen and oxygen atoms in total. The van der Waals surface area contributed by atoms with Crippen LogP contribution >= 0.6 is 0 Å². The molecule has 0 amide bonds. The van der Waals surface area contributed by atoms with Crippen molar-refractivity contribution >= 4 is 0 Å². The van der Waals surface area contributed by atoms with E-state index in [1.807, 2.05) is 0 Å². The van der Waals surface area contributed by atoms with E-state index < -0.39 is 0 Å². The van der Waals surface area contributed by atoms with Gasteiger partial charge < -0.3 is 9.47 Å². The van der Waals surface area contributed by atoms with Crippen molar-refractivity contribution in [3.8, 4) is 11.5 Å². The van der Waals surface area contributed by atoms with Gasteiger partial charge in [-0.15, -0.1) is 0 Å². The average molecular weight is 383 g/mol. The monoisotopic (exact) mass is 382 g/mol. The van der Waals surface area contributed by atoms with Crippen molar-refractivity contribution in [1.29, 1.82) is 0 Å². The van der Waals surface area contributed by atoms with Crippen molar-refractivity contribution in [3.63, 3.8) is 0 Å². The van der Waals surface area contributed by atoms with Gasteiger partial charge >= 0.3 is 0 Å². The number of hydrogen-bond donors (Lipinski definition) is 0. The Labute approximate surface area is 171 Å². The zero-order chi connectivity index (χ0) is 20.2. The van der Waals surface area contributed by atoms with Crippen molar-refractivity contribution < 1.29 is 9.47 Å². The van der Waals surface area contributed by atoms with Crippen LogP contribution in [0, 0.1) is 22.7 Å². The highest BCUT2D eigenvalue weighted by Gasteiger charge is 2.60. The van der Waals surface area contributed by atoms with E-state index in [0.29, 0.717) is 23.4 Å². The van der Waals surface area contributed by atoms with Crippen molar-refractivity contribution in [2.75, 3.05) is 6.61 Å². The Balaban J connectivity index is 1.63. The topological polar surface area (TPSA) is 18.5 Å². The minimum atomic E-state index is -0.0316. The van der Waals surface area contributed by atoms with Crippen LogP contribution < -0.4 is 9.47 Å². The Kier molecular flexibility index (Phi) is 4.83. The van der Waals surface area contributed by atoms with Crippen molar-refractivity contribution in [2.24, 2.45) is 22.7 Å². The third kappa shape index (κ3) is 3.27. The smallest absolute Gasteiger partial charge is 0.123 e. The Morgan fingerprint density at radius 1 is 1.11 bits per heavy atom. The molecule has 0 radical (unpaired) electrons. The fourth-order valence-corrected chi connectivity index (χ4v) is 6.86. The highest BCUT2D eigenvalue weighted by atomic mass is 16.5. The van der Waals surface area contributed by atoms with Gasteiger partial charge in [0.15, 0.2) is 0 Å². The molecule has 1 heterocycles. The Morgan fingerprint density at radius 2 is 1.89 bits per heavy atom. The zero-order valence-corrected chi connectivity index (χ0v) is 18.7. The van der Waals surface area contributed by atoms with E-state index in [0.717, 1.165) is 23.8 Å². The van der Waals surface area contributed by atoms with Gasteiger partial charge in [0, 0.05) is 5.92 Å². The molecule has 1 aromatic rings. The summed E-state index contributed by atoms with van der Waals surface area (Å²) in [5, 5.41) is 0. The summed E-state index contributed by atoms with van der Waals surface area (Å²) in [6.07, 6.45) is 9.80. The average Bonchev–Trinajstić information content (AvgIpc) is 2.59. The van der Waals surface area contributed by atoms with E-state index in [4.69, 9.17) is 9.47 Å². The first-order valence-electron chi connectivity index (χ1n) is 11.2. The first-order chi connectivity index (χ1) is 13.1. The molecule has 0 spiro atoms. The second-order valence-electron chi connectivity index (χ2n) is 11.0. The van der Waals surface area contributed by atoms with Crippen LogP contribution in [0.5, 0.6) is 11.5 Å².